The van der Waals surface area contributed by atoms with Crippen molar-refractivity contribution in [1.29, 1.82) is 0 Å². The lowest BCUT2D eigenvalue weighted by Gasteiger charge is -2.22. The Kier molecular flexibility index (Phi) is 7.92. The Labute approximate surface area is 171 Å². The summed E-state index contributed by atoms with van der Waals surface area (Å²) in [4.78, 5) is 11.0. The van der Waals surface area contributed by atoms with Crippen molar-refractivity contribution < 1.29 is 19.0 Å². The molecule has 1 aliphatic rings. The fourth-order valence-electron chi connectivity index (χ4n) is 3.48. The largest absolute Gasteiger partial charge is 0.490 e. The molecule has 1 aliphatic carbocycles. The predicted octanol–water partition coefficient (Wildman–Crippen LogP) is 4.88. The number of methoxy groups -OCH3 is 1. The first-order chi connectivity index (χ1) is 14.2. The Balaban J connectivity index is 1.41. The highest BCUT2D eigenvalue weighted by Crippen LogP contribution is 2.33. The number of rotatable bonds is 8. The maximum Gasteiger partial charge on any atom is 0.427 e. The number of carbonyl (C=O) groups excluding carboxylic acids is 1. The van der Waals surface area contributed by atoms with E-state index >= 15 is 0 Å². The first-order valence-electron chi connectivity index (χ1n) is 10.1. The molecule has 1 N–H and O–H groups in total. The van der Waals surface area contributed by atoms with Crippen molar-refractivity contribution in [3.8, 4) is 11.5 Å². The van der Waals surface area contributed by atoms with Gasteiger partial charge in [-0.2, -0.15) is 5.10 Å². The molecule has 1 saturated carbocycles. The highest BCUT2D eigenvalue weighted by molar-refractivity contribution is 5.81. The fraction of sp³-hybridized carbons (Fsp3) is 0.391. The van der Waals surface area contributed by atoms with Crippen LogP contribution >= 0.6 is 0 Å². The average molecular weight is 396 g/mol. The zero-order chi connectivity index (χ0) is 20.3. The van der Waals surface area contributed by atoms with Gasteiger partial charge in [-0.15, -0.1) is 0 Å². The number of benzene rings is 2. The summed E-state index contributed by atoms with van der Waals surface area (Å²) < 4.78 is 16.0. The SMILES string of the molecule is COC(=O)N/N=C\c1cccc(OCCOc2ccc(C3CCCCC3)cc2)c1. The van der Waals surface area contributed by atoms with Gasteiger partial charge in [-0.1, -0.05) is 43.5 Å². The molecule has 1 fully saturated rings. The van der Waals surface area contributed by atoms with E-state index in [0.717, 1.165) is 11.3 Å². The van der Waals surface area contributed by atoms with Gasteiger partial charge in [-0.05, 0) is 54.2 Å². The monoisotopic (exact) mass is 396 g/mol. The van der Waals surface area contributed by atoms with E-state index in [2.05, 4.69) is 39.5 Å². The zero-order valence-corrected chi connectivity index (χ0v) is 16.8. The average Bonchev–Trinajstić information content (AvgIpc) is 2.78. The van der Waals surface area contributed by atoms with Crippen LogP contribution in [0.3, 0.4) is 0 Å². The van der Waals surface area contributed by atoms with Crippen LogP contribution in [0.25, 0.3) is 0 Å². The molecule has 0 heterocycles. The van der Waals surface area contributed by atoms with Gasteiger partial charge in [0.2, 0.25) is 0 Å². The third kappa shape index (κ3) is 6.82. The number of nitrogens with zero attached hydrogens (tertiary/aromatic N) is 1. The van der Waals surface area contributed by atoms with Crippen LogP contribution in [0.4, 0.5) is 4.79 Å². The molecular weight excluding hydrogens is 368 g/mol. The van der Waals surface area contributed by atoms with E-state index in [1.807, 2.05) is 24.3 Å². The van der Waals surface area contributed by atoms with Crippen LogP contribution < -0.4 is 14.9 Å². The summed E-state index contributed by atoms with van der Waals surface area (Å²) in [5.74, 6) is 2.28. The van der Waals surface area contributed by atoms with Gasteiger partial charge in [-0.3, -0.25) is 0 Å². The van der Waals surface area contributed by atoms with E-state index in [4.69, 9.17) is 9.47 Å². The van der Waals surface area contributed by atoms with Gasteiger partial charge in [0, 0.05) is 0 Å². The van der Waals surface area contributed by atoms with Gasteiger partial charge in [0.05, 0.1) is 13.3 Å². The van der Waals surface area contributed by atoms with Crippen molar-refractivity contribution >= 4 is 12.3 Å². The number of hydrogen-bond acceptors (Lipinski definition) is 5. The first-order valence-corrected chi connectivity index (χ1v) is 10.1. The Hall–Kier alpha value is -3.02. The van der Waals surface area contributed by atoms with Crippen LogP contribution in [0.15, 0.2) is 53.6 Å². The molecule has 0 atom stereocenters. The van der Waals surface area contributed by atoms with Crippen LogP contribution in [0, 0.1) is 0 Å². The van der Waals surface area contributed by atoms with E-state index in [-0.39, 0.29) is 0 Å². The van der Waals surface area contributed by atoms with Gasteiger partial charge in [0.25, 0.3) is 0 Å². The van der Waals surface area contributed by atoms with Crippen molar-refractivity contribution in [2.45, 2.75) is 38.0 Å². The topological polar surface area (TPSA) is 69.2 Å². The van der Waals surface area contributed by atoms with E-state index < -0.39 is 6.09 Å². The van der Waals surface area contributed by atoms with Crippen LogP contribution in [0.1, 0.15) is 49.1 Å². The number of nitrogens with one attached hydrogen (secondary N) is 1. The molecule has 0 saturated heterocycles. The van der Waals surface area contributed by atoms with E-state index in [1.54, 1.807) is 0 Å². The minimum absolute atomic E-state index is 0.436. The Morgan fingerprint density at radius 2 is 1.76 bits per heavy atom. The van der Waals surface area contributed by atoms with Crippen molar-refractivity contribution in [1.82, 2.24) is 5.43 Å². The lowest BCUT2D eigenvalue weighted by Crippen LogP contribution is -2.16. The predicted molar refractivity (Wildman–Crippen MR) is 113 cm³/mol. The van der Waals surface area contributed by atoms with Crippen molar-refractivity contribution in [3.63, 3.8) is 0 Å². The third-order valence-electron chi connectivity index (χ3n) is 4.99. The minimum atomic E-state index is -0.613. The highest BCUT2D eigenvalue weighted by atomic mass is 16.5. The van der Waals surface area contributed by atoms with E-state index in [1.165, 1.54) is 51.0 Å². The van der Waals surface area contributed by atoms with E-state index in [9.17, 15) is 4.79 Å². The molecule has 29 heavy (non-hydrogen) atoms. The third-order valence-corrected chi connectivity index (χ3v) is 4.99. The van der Waals surface area contributed by atoms with Crippen molar-refractivity contribution in [2.75, 3.05) is 20.3 Å². The van der Waals surface area contributed by atoms with Gasteiger partial charge in [0.1, 0.15) is 24.7 Å². The molecule has 2 aromatic rings. The normalized spacial score (nSPS) is 14.5. The molecule has 0 bridgehead atoms. The number of ether oxygens (including phenoxy) is 3. The van der Waals surface area contributed by atoms with Gasteiger partial charge >= 0.3 is 6.09 Å². The molecule has 2 aromatic carbocycles. The molecule has 0 aromatic heterocycles. The maximum atomic E-state index is 11.0. The van der Waals surface area contributed by atoms with Gasteiger partial charge < -0.3 is 14.2 Å². The molecule has 1 amide bonds. The van der Waals surface area contributed by atoms with E-state index in [0.29, 0.717) is 24.9 Å². The second-order valence-corrected chi connectivity index (χ2v) is 7.03. The Morgan fingerprint density at radius 3 is 2.48 bits per heavy atom. The smallest absolute Gasteiger partial charge is 0.427 e. The number of hydrogen-bond donors (Lipinski definition) is 1. The standard InChI is InChI=1S/C23H28N2O4/c1-27-23(26)25-24-17-18-6-5-9-22(16-18)29-15-14-28-21-12-10-20(11-13-21)19-7-3-2-4-8-19/h5-6,9-13,16-17,19H,2-4,7-8,14-15H2,1H3,(H,25,26)/b24-17-. The quantitative estimate of drug-likeness (QED) is 0.392. The number of carbonyl (C=O) groups is 1. The van der Waals surface area contributed by atoms with Crippen LogP contribution in [0.5, 0.6) is 11.5 Å². The van der Waals surface area contributed by atoms with Crippen molar-refractivity contribution in [2.24, 2.45) is 5.10 Å². The van der Waals surface area contributed by atoms with Gasteiger partial charge in [-0.25, -0.2) is 10.2 Å². The molecule has 6 nitrogen and oxygen atoms in total. The maximum absolute atomic E-state index is 11.0. The molecule has 0 aliphatic heterocycles. The first kappa shape index (κ1) is 20.7. The molecule has 0 radical (unpaired) electrons. The Morgan fingerprint density at radius 1 is 1.03 bits per heavy atom. The molecule has 6 heteroatoms. The van der Waals surface area contributed by atoms with Crippen LogP contribution in [-0.4, -0.2) is 32.6 Å². The van der Waals surface area contributed by atoms with Crippen LogP contribution in [0.2, 0.25) is 0 Å². The lowest BCUT2D eigenvalue weighted by atomic mass is 9.84. The zero-order valence-electron chi connectivity index (χ0n) is 16.8. The highest BCUT2D eigenvalue weighted by Gasteiger charge is 2.15. The summed E-state index contributed by atoms with van der Waals surface area (Å²) >= 11 is 0. The molecule has 0 unspecified atom stereocenters. The summed E-state index contributed by atoms with van der Waals surface area (Å²) in [5.41, 5.74) is 4.47. The summed E-state index contributed by atoms with van der Waals surface area (Å²) in [7, 11) is 1.28. The fourth-order valence-corrected chi connectivity index (χ4v) is 3.48. The summed E-state index contributed by atoms with van der Waals surface area (Å²) in [6.45, 7) is 0.899. The summed E-state index contributed by atoms with van der Waals surface area (Å²) in [6, 6.07) is 15.9. The van der Waals surface area contributed by atoms with Crippen LogP contribution in [-0.2, 0) is 4.74 Å². The molecule has 3 rings (SSSR count). The molecular formula is C23H28N2O4. The summed E-state index contributed by atoms with van der Waals surface area (Å²) in [5, 5.41) is 3.80. The lowest BCUT2D eigenvalue weighted by molar-refractivity contribution is 0.171. The Bertz CT molecular complexity index is 799. The minimum Gasteiger partial charge on any atom is -0.490 e. The molecule has 0 spiro atoms. The molecule has 154 valence electrons. The second kappa shape index (κ2) is 11.1. The van der Waals surface area contributed by atoms with Crippen molar-refractivity contribution in [3.05, 3.63) is 59.7 Å². The van der Waals surface area contributed by atoms with Gasteiger partial charge in [0.15, 0.2) is 0 Å². The number of amides is 1. The number of hydrazone groups is 1. The second-order valence-electron chi connectivity index (χ2n) is 7.03. The summed E-state index contributed by atoms with van der Waals surface area (Å²) in [6.07, 6.45) is 7.57.